The lowest BCUT2D eigenvalue weighted by atomic mass is 10.1. The summed E-state index contributed by atoms with van der Waals surface area (Å²) in [7, 11) is 1.61. The Balaban J connectivity index is 1.78. The highest BCUT2D eigenvalue weighted by molar-refractivity contribution is 6.39. The molecule has 0 aliphatic heterocycles. The molecule has 0 fully saturated rings. The first-order valence-electron chi connectivity index (χ1n) is 9.46. The lowest BCUT2D eigenvalue weighted by molar-refractivity contribution is 0.102. The number of amides is 1. The average molecular weight is 421 g/mol. The average Bonchev–Trinajstić information content (AvgIpc) is 3.08. The number of ether oxygens (including phenoxy) is 1. The highest BCUT2D eigenvalue weighted by atomic mass is 35.5. The van der Waals surface area contributed by atoms with Crippen molar-refractivity contribution in [3.8, 4) is 11.4 Å². The van der Waals surface area contributed by atoms with E-state index in [1.54, 1.807) is 11.8 Å². The van der Waals surface area contributed by atoms with Crippen LogP contribution in [0.3, 0.4) is 0 Å². The number of carbonyl (C=O) groups excluding carboxylic acids is 1. The van der Waals surface area contributed by atoms with E-state index in [0.29, 0.717) is 33.1 Å². The van der Waals surface area contributed by atoms with E-state index < -0.39 is 0 Å². The molecule has 4 aromatic rings. The maximum atomic E-state index is 13.0. The van der Waals surface area contributed by atoms with Crippen LogP contribution in [0.1, 0.15) is 27.2 Å². The Labute approximate surface area is 179 Å². The van der Waals surface area contributed by atoms with Crippen molar-refractivity contribution in [2.75, 3.05) is 12.4 Å². The van der Waals surface area contributed by atoms with E-state index in [0.717, 1.165) is 22.5 Å². The fourth-order valence-corrected chi connectivity index (χ4v) is 3.84. The summed E-state index contributed by atoms with van der Waals surface area (Å²) in [6.07, 6.45) is 1.49. The second-order valence-electron chi connectivity index (χ2n) is 7.10. The van der Waals surface area contributed by atoms with Crippen LogP contribution in [-0.4, -0.2) is 27.8 Å². The number of halogens is 1. The SMILES string of the molecule is COc1cccc(-n2nc(C)c3c(Cl)c(C(=O)Nc4c(C)cccc4C)cnc32)c1. The van der Waals surface area contributed by atoms with Crippen LogP contribution in [0.2, 0.25) is 5.02 Å². The molecule has 6 nitrogen and oxygen atoms in total. The Hall–Kier alpha value is -3.38. The van der Waals surface area contributed by atoms with Gasteiger partial charge in [-0.05, 0) is 44.0 Å². The van der Waals surface area contributed by atoms with E-state index >= 15 is 0 Å². The Bertz CT molecular complexity index is 1260. The largest absolute Gasteiger partial charge is 0.497 e. The molecule has 0 unspecified atom stereocenters. The Morgan fingerprint density at radius 3 is 2.50 bits per heavy atom. The monoisotopic (exact) mass is 420 g/mol. The molecule has 0 atom stereocenters. The lowest BCUT2D eigenvalue weighted by Crippen LogP contribution is -2.15. The third-order valence-electron chi connectivity index (χ3n) is 5.07. The first-order chi connectivity index (χ1) is 14.4. The Kier molecular flexibility index (Phi) is 5.18. The molecule has 0 saturated carbocycles. The number of para-hydroxylation sites is 1. The summed E-state index contributed by atoms with van der Waals surface area (Å²) in [6, 6.07) is 13.4. The normalized spacial score (nSPS) is 11.0. The van der Waals surface area contributed by atoms with Crippen molar-refractivity contribution < 1.29 is 9.53 Å². The maximum absolute atomic E-state index is 13.0. The van der Waals surface area contributed by atoms with E-state index in [-0.39, 0.29) is 5.91 Å². The molecule has 7 heteroatoms. The van der Waals surface area contributed by atoms with Crippen molar-refractivity contribution in [2.45, 2.75) is 20.8 Å². The number of rotatable bonds is 4. The minimum absolute atomic E-state index is 0.305. The molecule has 0 aliphatic carbocycles. The van der Waals surface area contributed by atoms with Crippen LogP contribution in [0.5, 0.6) is 5.75 Å². The van der Waals surface area contributed by atoms with Crippen molar-refractivity contribution in [3.63, 3.8) is 0 Å². The molecule has 2 aromatic heterocycles. The van der Waals surface area contributed by atoms with Gasteiger partial charge in [0.2, 0.25) is 0 Å². The van der Waals surface area contributed by atoms with Gasteiger partial charge in [-0.1, -0.05) is 35.9 Å². The van der Waals surface area contributed by atoms with Gasteiger partial charge in [0.05, 0.1) is 34.5 Å². The van der Waals surface area contributed by atoms with E-state index in [2.05, 4.69) is 15.4 Å². The number of pyridine rings is 1. The number of nitrogens with one attached hydrogen (secondary N) is 1. The first kappa shape index (κ1) is 19.9. The van der Waals surface area contributed by atoms with Crippen LogP contribution in [0.25, 0.3) is 16.7 Å². The van der Waals surface area contributed by atoms with Crippen molar-refractivity contribution in [3.05, 3.63) is 76.1 Å². The van der Waals surface area contributed by atoms with E-state index in [1.165, 1.54) is 6.20 Å². The predicted molar refractivity (Wildman–Crippen MR) is 119 cm³/mol. The molecule has 152 valence electrons. The smallest absolute Gasteiger partial charge is 0.258 e. The van der Waals surface area contributed by atoms with Gasteiger partial charge in [-0.15, -0.1) is 0 Å². The summed E-state index contributed by atoms with van der Waals surface area (Å²) in [4.78, 5) is 17.5. The molecule has 0 aliphatic rings. The molecule has 0 spiro atoms. The molecule has 1 N–H and O–H groups in total. The van der Waals surface area contributed by atoms with Gasteiger partial charge in [-0.25, -0.2) is 9.67 Å². The van der Waals surface area contributed by atoms with Crippen molar-refractivity contribution in [1.29, 1.82) is 0 Å². The molecule has 1 amide bonds. The number of anilines is 1. The molecule has 30 heavy (non-hydrogen) atoms. The van der Waals surface area contributed by atoms with E-state index in [9.17, 15) is 4.79 Å². The number of aromatic nitrogens is 3. The van der Waals surface area contributed by atoms with E-state index in [4.69, 9.17) is 16.3 Å². The number of methoxy groups -OCH3 is 1. The Morgan fingerprint density at radius 1 is 1.10 bits per heavy atom. The molecule has 0 saturated heterocycles. The quantitative estimate of drug-likeness (QED) is 0.489. The summed E-state index contributed by atoms with van der Waals surface area (Å²) >= 11 is 6.67. The number of benzene rings is 2. The zero-order valence-corrected chi connectivity index (χ0v) is 17.9. The third kappa shape index (κ3) is 3.39. The highest BCUT2D eigenvalue weighted by Gasteiger charge is 2.21. The molecule has 0 radical (unpaired) electrons. The number of hydrogen-bond donors (Lipinski definition) is 1. The minimum Gasteiger partial charge on any atom is -0.497 e. The summed E-state index contributed by atoms with van der Waals surface area (Å²) in [5, 5.41) is 8.53. The topological polar surface area (TPSA) is 69.0 Å². The third-order valence-corrected chi connectivity index (χ3v) is 5.46. The second kappa shape index (κ2) is 7.80. The van der Waals surface area contributed by atoms with Crippen molar-refractivity contribution >= 4 is 34.2 Å². The minimum atomic E-state index is -0.305. The van der Waals surface area contributed by atoms with Gasteiger partial charge in [0.1, 0.15) is 5.75 Å². The van der Waals surface area contributed by atoms with Gasteiger partial charge in [0.15, 0.2) is 5.65 Å². The zero-order valence-electron chi connectivity index (χ0n) is 17.2. The van der Waals surface area contributed by atoms with Crippen LogP contribution >= 0.6 is 11.6 Å². The molecule has 2 aromatic carbocycles. The van der Waals surface area contributed by atoms with Gasteiger partial charge in [-0.2, -0.15) is 5.10 Å². The second-order valence-corrected chi connectivity index (χ2v) is 7.48. The fourth-order valence-electron chi connectivity index (χ4n) is 3.48. The van der Waals surface area contributed by atoms with Crippen LogP contribution < -0.4 is 10.1 Å². The van der Waals surface area contributed by atoms with E-state index in [1.807, 2.05) is 63.2 Å². The van der Waals surface area contributed by atoms with Crippen LogP contribution in [0.15, 0.2) is 48.7 Å². The predicted octanol–water partition coefficient (Wildman–Crippen LogP) is 5.26. The van der Waals surface area contributed by atoms with Gasteiger partial charge in [0.25, 0.3) is 5.91 Å². The Morgan fingerprint density at radius 2 is 1.80 bits per heavy atom. The lowest BCUT2D eigenvalue weighted by Gasteiger charge is -2.12. The molecule has 2 heterocycles. The fraction of sp³-hybridized carbons (Fsp3) is 0.174. The molecule has 0 bridgehead atoms. The summed E-state index contributed by atoms with van der Waals surface area (Å²) in [5.74, 6) is 0.407. The van der Waals surface area contributed by atoms with Gasteiger partial charge in [0, 0.05) is 18.0 Å². The maximum Gasteiger partial charge on any atom is 0.258 e. The number of carbonyl (C=O) groups is 1. The molecular weight excluding hydrogens is 400 g/mol. The zero-order chi connectivity index (χ0) is 21.4. The first-order valence-corrected chi connectivity index (χ1v) is 9.84. The summed E-state index contributed by atoms with van der Waals surface area (Å²) in [5.41, 5.74) is 5.11. The van der Waals surface area contributed by atoms with Crippen molar-refractivity contribution in [2.24, 2.45) is 0 Å². The van der Waals surface area contributed by atoms with Crippen LogP contribution in [-0.2, 0) is 0 Å². The summed E-state index contributed by atoms with van der Waals surface area (Å²) in [6.45, 7) is 5.75. The molecule has 4 rings (SSSR count). The van der Waals surface area contributed by atoms with Gasteiger partial charge < -0.3 is 10.1 Å². The summed E-state index contributed by atoms with van der Waals surface area (Å²) < 4.78 is 7.01. The number of fused-ring (bicyclic) bond motifs is 1. The number of aryl methyl sites for hydroxylation is 3. The number of hydrogen-bond acceptors (Lipinski definition) is 4. The van der Waals surface area contributed by atoms with Crippen LogP contribution in [0.4, 0.5) is 5.69 Å². The van der Waals surface area contributed by atoms with Crippen LogP contribution in [0, 0.1) is 20.8 Å². The van der Waals surface area contributed by atoms with Gasteiger partial charge >= 0.3 is 0 Å². The van der Waals surface area contributed by atoms with Crippen molar-refractivity contribution in [1.82, 2.24) is 14.8 Å². The molecular formula is C23H21ClN4O2. The standard InChI is InChI=1S/C23H21ClN4O2/c1-13-7-5-8-14(2)21(13)26-23(29)18-12-25-22-19(20(18)24)15(3)27-28(22)16-9-6-10-17(11-16)30-4/h5-12H,1-4H3,(H,26,29). The number of nitrogens with zero attached hydrogens (tertiary/aromatic N) is 3. The highest BCUT2D eigenvalue weighted by Crippen LogP contribution is 2.31. The van der Waals surface area contributed by atoms with Gasteiger partial charge in [-0.3, -0.25) is 4.79 Å².